The van der Waals surface area contributed by atoms with Crippen LogP contribution in [0.3, 0.4) is 0 Å². The topological polar surface area (TPSA) is 63.6 Å². The van der Waals surface area contributed by atoms with Gasteiger partial charge in [-0.25, -0.2) is 4.98 Å². The van der Waals surface area contributed by atoms with E-state index in [4.69, 9.17) is 4.74 Å². The molecular weight excluding hydrogens is 395 g/mol. The molecule has 8 heteroatoms. The molecule has 0 radical (unpaired) electrons. The molecular formula is C22H16F3N3O2. The zero-order valence-electron chi connectivity index (χ0n) is 15.8. The first-order chi connectivity index (χ1) is 14.3. The number of pyridine rings is 1. The van der Waals surface area contributed by atoms with Gasteiger partial charge in [-0.05, 0) is 42.8 Å². The molecule has 3 aromatic rings. The van der Waals surface area contributed by atoms with Crippen molar-refractivity contribution in [2.24, 2.45) is 4.99 Å². The third kappa shape index (κ3) is 4.17. The van der Waals surface area contributed by atoms with Crippen molar-refractivity contribution in [2.75, 3.05) is 5.32 Å². The number of carbonyl (C=O) groups is 1. The number of benzene rings is 2. The number of carbonyl (C=O) groups excluding carboxylic acids is 1. The van der Waals surface area contributed by atoms with E-state index in [1.54, 1.807) is 48.7 Å². The van der Waals surface area contributed by atoms with E-state index in [0.717, 1.165) is 6.07 Å². The van der Waals surface area contributed by atoms with Crippen molar-refractivity contribution in [3.8, 4) is 11.6 Å². The lowest BCUT2D eigenvalue weighted by atomic mass is 10.1. The lowest BCUT2D eigenvalue weighted by Crippen LogP contribution is -2.15. The van der Waals surface area contributed by atoms with Crippen molar-refractivity contribution in [3.05, 3.63) is 77.5 Å². The number of nitrogens with zero attached hydrogens (tertiary/aromatic N) is 2. The first-order valence-electron chi connectivity index (χ1n) is 9.08. The molecule has 1 N–H and O–H groups in total. The number of hydrogen-bond donors (Lipinski definition) is 1. The lowest BCUT2D eigenvalue weighted by molar-refractivity contribution is -0.138. The third-order valence-corrected chi connectivity index (χ3v) is 4.53. The van der Waals surface area contributed by atoms with Gasteiger partial charge in [0.2, 0.25) is 11.8 Å². The number of amides is 1. The van der Waals surface area contributed by atoms with E-state index in [-0.39, 0.29) is 23.4 Å². The molecule has 0 saturated heterocycles. The predicted octanol–water partition coefficient (Wildman–Crippen LogP) is 5.66. The fraction of sp³-hybridized carbons (Fsp3) is 0.136. The molecule has 1 aromatic heterocycles. The highest BCUT2D eigenvalue weighted by atomic mass is 19.4. The lowest BCUT2D eigenvalue weighted by Gasteiger charge is -2.13. The summed E-state index contributed by atoms with van der Waals surface area (Å²) < 4.78 is 45.4. The van der Waals surface area contributed by atoms with E-state index in [1.165, 1.54) is 13.0 Å². The number of nitrogens with one attached hydrogen (secondary N) is 1. The van der Waals surface area contributed by atoms with Crippen LogP contribution in [0, 0.1) is 6.92 Å². The summed E-state index contributed by atoms with van der Waals surface area (Å²) in [5, 5.41) is 2.52. The van der Waals surface area contributed by atoms with Gasteiger partial charge in [0.25, 0.3) is 0 Å². The van der Waals surface area contributed by atoms with E-state index >= 15 is 0 Å². The van der Waals surface area contributed by atoms with Crippen LogP contribution in [0.1, 0.15) is 23.1 Å². The maximum atomic E-state index is 13.2. The Kier molecular flexibility index (Phi) is 4.99. The highest BCUT2D eigenvalue weighted by molar-refractivity contribution is 6.17. The molecule has 0 aliphatic carbocycles. The Morgan fingerprint density at radius 1 is 1.07 bits per heavy atom. The number of aromatic nitrogens is 1. The van der Waals surface area contributed by atoms with Gasteiger partial charge < -0.3 is 10.1 Å². The number of alkyl halides is 3. The molecule has 0 unspecified atom stereocenters. The van der Waals surface area contributed by atoms with Crippen molar-refractivity contribution in [1.82, 2.24) is 4.98 Å². The van der Waals surface area contributed by atoms with Gasteiger partial charge in [0.05, 0.1) is 29.1 Å². The van der Waals surface area contributed by atoms with Crippen molar-refractivity contribution in [1.29, 1.82) is 0 Å². The van der Waals surface area contributed by atoms with Crippen molar-refractivity contribution < 1.29 is 22.7 Å². The summed E-state index contributed by atoms with van der Waals surface area (Å²) >= 11 is 0. The molecule has 0 bridgehead atoms. The number of fused-ring (bicyclic) bond motifs is 1. The second kappa shape index (κ2) is 7.62. The number of rotatable bonds is 3. The van der Waals surface area contributed by atoms with Crippen LogP contribution in [-0.2, 0) is 11.0 Å². The number of aryl methyl sites for hydroxylation is 1. The van der Waals surface area contributed by atoms with Gasteiger partial charge in [-0.3, -0.25) is 9.79 Å². The molecule has 1 aliphatic rings. The summed E-state index contributed by atoms with van der Waals surface area (Å²) in [6.07, 6.45) is -2.99. The van der Waals surface area contributed by atoms with Crippen LogP contribution in [0.4, 0.5) is 24.5 Å². The smallest absolute Gasteiger partial charge is 0.416 e. The largest absolute Gasteiger partial charge is 0.439 e. The zero-order chi connectivity index (χ0) is 21.3. The van der Waals surface area contributed by atoms with Crippen LogP contribution in [-0.4, -0.2) is 16.6 Å². The van der Waals surface area contributed by atoms with Gasteiger partial charge in [-0.15, -0.1) is 0 Å². The SMILES string of the molecule is Cc1cc2c(cc1C(F)(F)F)NC(=O)CC(c1cccc(Oc3ccccn3)c1)=N2. The highest BCUT2D eigenvalue weighted by Crippen LogP contribution is 2.39. The van der Waals surface area contributed by atoms with Gasteiger partial charge in [-0.1, -0.05) is 18.2 Å². The minimum absolute atomic E-state index is 0.0349. The first-order valence-corrected chi connectivity index (χ1v) is 9.08. The van der Waals surface area contributed by atoms with Gasteiger partial charge in [0.15, 0.2) is 0 Å². The van der Waals surface area contributed by atoms with Crippen LogP contribution in [0.15, 0.2) is 65.8 Å². The Morgan fingerprint density at radius 3 is 2.63 bits per heavy atom. The number of hydrogen-bond acceptors (Lipinski definition) is 4. The van der Waals surface area contributed by atoms with Gasteiger partial charge in [0.1, 0.15) is 5.75 Å². The Bertz CT molecular complexity index is 1140. The van der Waals surface area contributed by atoms with Gasteiger partial charge in [-0.2, -0.15) is 13.2 Å². The molecule has 0 atom stereocenters. The van der Waals surface area contributed by atoms with E-state index in [9.17, 15) is 18.0 Å². The minimum Gasteiger partial charge on any atom is -0.439 e. The second-order valence-corrected chi connectivity index (χ2v) is 6.76. The molecule has 0 fully saturated rings. The van der Waals surface area contributed by atoms with Crippen LogP contribution in [0.2, 0.25) is 0 Å². The monoisotopic (exact) mass is 411 g/mol. The van der Waals surface area contributed by atoms with Crippen LogP contribution in [0.25, 0.3) is 0 Å². The first kappa shape index (κ1) is 19.6. The third-order valence-electron chi connectivity index (χ3n) is 4.53. The summed E-state index contributed by atoms with van der Waals surface area (Å²) in [7, 11) is 0. The quantitative estimate of drug-likeness (QED) is 0.605. The number of halogens is 3. The summed E-state index contributed by atoms with van der Waals surface area (Å²) in [5.74, 6) is 0.471. The van der Waals surface area contributed by atoms with Crippen molar-refractivity contribution in [2.45, 2.75) is 19.5 Å². The maximum Gasteiger partial charge on any atom is 0.416 e. The van der Waals surface area contributed by atoms with Crippen LogP contribution >= 0.6 is 0 Å². The Labute approximate surface area is 170 Å². The summed E-state index contributed by atoms with van der Waals surface area (Å²) in [4.78, 5) is 20.9. The summed E-state index contributed by atoms with van der Waals surface area (Å²) in [6, 6.07) is 14.5. The second-order valence-electron chi connectivity index (χ2n) is 6.76. The Balaban J connectivity index is 1.72. The fourth-order valence-corrected chi connectivity index (χ4v) is 3.16. The van der Waals surface area contributed by atoms with Gasteiger partial charge >= 0.3 is 6.18 Å². The molecule has 4 rings (SSSR count). The van der Waals surface area contributed by atoms with Crippen molar-refractivity contribution >= 4 is 23.0 Å². The Hall–Kier alpha value is -3.68. The molecule has 152 valence electrons. The highest BCUT2D eigenvalue weighted by Gasteiger charge is 2.34. The molecule has 0 spiro atoms. The van der Waals surface area contributed by atoms with E-state index in [2.05, 4.69) is 15.3 Å². The van der Waals surface area contributed by atoms with Crippen LogP contribution < -0.4 is 10.1 Å². The number of aliphatic imine (C=N–C) groups is 1. The molecule has 0 saturated carbocycles. The molecule has 1 amide bonds. The average Bonchev–Trinajstić information content (AvgIpc) is 2.85. The Morgan fingerprint density at radius 2 is 1.90 bits per heavy atom. The molecule has 5 nitrogen and oxygen atoms in total. The van der Waals surface area contributed by atoms with E-state index in [0.29, 0.717) is 22.9 Å². The van der Waals surface area contributed by atoms with E-state index < -0.39 is 17.6 Å². The molecule has 30 heavy (non-hydrogen) atoms. The molecule has 2 heterocycles. The fourth-order valence-electron chi connectivity index (χ4n) is 3.16. The predicted molar refractivity (Wildman–Crippen MR) is 106 cm³/mol. The van der Waals surface area contributed by atoms with Crippen LogP contribution in [0.5, 0.6) is 11.6 Å². The maximum absolute atomic E-state index is 13.2. The summed E-state index contributed by atoms with van der Waals surface area (Å²) in [6.45, 7) is 1.37. The van der Waals surface area contributed by atoms with E-state index in [1.807, 2.05) is 0 Å². The van der Waals surface area contributed by atoms with Gasteiger partial charge in [0, 0.05) is 17.8 Å². The summed E-state index contributed by atoms with van der Waals surface area (Å²) in [5.41, 5.74) is 0.603. The molecule has 1 aliphatic heterocycles. The minimum atomic E-state index is -4.51. The zero-order valence-corrected chi connectivity index (χ0v) is 15.8. The average molecular weight is 411 g/mol. The number of ether oxygens (including phenoxy) is 1. The number of anilines is 1. The van der Waals surface area contributed by atoms with Crippen molar-refractivity contribution in [3.63, 3.8) is 0 Å². The normalized spacial score (nSPS) is 13.7. The standard InChI is InChI=1S/C22H16F3N3O2/c1-13-9-18-19(11-16(13)22(23,24)25)28-20(29)12-17(27-18)14-5-4-6-15(10-14)30-21-7-2-3-8-26-21/h2-11H,12H2,1H3,(H,28,29). The molecule has 2 aromatic carbocycles.